The van der Waals surface area contributed by atoms with Crippen molar-refractivity contribution in [3.05, 3.63) is 72.2 Å². The molecular formula is C21H19N5O3. The molecule has 2 aromatic carbocycles. The molecule has 0 fully saturated rings. The molecule has 0 unspecified atom stereocenters. The summed E-state index contributed by atoms with van der Waals surface area (Å²) in [6, 6.07) is 16.7. The zero-order valence-corrected chi connectivity index (χ0v) is 15.9. The molecule has 4 aromatic rings. The van der Waals surface area contributed by atoms with E-state index in [2.05, 4.69) is 20.5 Å². The van der Waals surface area contributed by atoms with E-state index in [4.69, 9.17) is 9.15 Å². The SMILES string of the molecule is CCCn1nnnc1COC(=O)c1ccccc1-c1ncc(-c2ccccc2)o1. The Bertz CT molecular complexity index is 1100. The molecule has 0 saturated carbocycles. The lowest BCUT2D eigenvalue weighted by Crippen LogP contribution is -2.11. The molecule has 4 rings (SSSR count). The van der Waals surface area contributed by atoms with Gasteiger partial charge in [-0.15, -0.1) is 5.10 Å². The van der Waals surface area contributed by atoms with Crippen LogP contribution in [0.2, 0.25) is 0 Å². The Labute approximate surface area is 167 Å². The molecule has 8 heteroatoms. The van der Waals surface area contributed by atoms with E-state index >= 15 is 0 Å². The second-order valence-corrected chi connectivity index (χ2v) is 6.34. The van der Waals surface area contributed by atoms with Crippen LogP contribution in [0.5, 0.6) is 0 Å². The molecule has 0 atom stereocenters. The fourth-order valence-electron chi connectivity index (χ4n) is 2.90. The highest BCUT2D eigenvalue weighted by atomic mass is 16.5. The first-order chi connectivity index (χ1) is 14.3. The largest absolute Gasteiger partial charge is 0.454 e. The van der Waals surface area contributed by atoms with Crippen molar-refractivity contribution in [1.82, 2.24) is 25.2 Å². The molecule has 0 amide bonds. The minimum Gasteiger partial charge on any atom is -0.454 e. The number of ether oxygens (including phenoxy) is 1. The van der Waals surface area contributed by atoms with Gasteiger partial charge in [-0.3, -0.25) is 0 Å². The number of hydrogen-bond acceptors (Lipinski definition) is 7. The van der Waals surface area contributed by atoms with Crippen molar-refractivity contribution in [3.63, 3.8) is 0 Å². The number of aryl methyl sites for hydroxylation is 1. The third-order valence-electron chi connectivity index (χ3n) is 4.32. The van der Waals surface area contributed by atoms with Crippen molar-refractivity contribution in [2.45, 2.75) is 26.5 Å². The predicted octanol–water partition coefficient (Wildman–Crippen LogP) is 3.76. The Morgan fingerprint density at radius 2 is 1.90 bits per heavy atom. The second-order valence-electron chi connectivity index (χ2n) is 6.34. The van der Waals surface area contributed by atoms with Crippen LogP contribution in [0.3, 0.4) is 0 Å². The van der Waals surface area contributed by atoms with Crippen molar-refractivity contribution in [3.8, 4) is 22.8 Å². The lowest BCUT2D eigenvalue weighted by molar-refractivity contribution is 0.0457. The van der Waals surface area contributed by atoms with Crippen LogP contribution in [0.25, 0.3) is 22.8 Å². The first-order valence-corrected chi connectivity index (χ1v) is 9.29. The molecule has 0 bridgehead atoms. The molecule has 0 aliphatic heterocycles. The molecular weight excluding hydrogens is 370 g/mol. The summed E-state index contributed by atoms with van der Waals surface area (Å²) in [5.74, 6) is 0.987. The summed E-state index contributed by atoms with van der Waals surface area (Å²) in [6.45, 7) is 2.67. The van der Waals surface area contributed by atoms with Gasteiger partial charge in [-0.1, -0.05) is 49.4 Å². The topological polar surface area (TPSA) is 95.9 Å². The summed E-state index contributed by atoms with van der Waals surface area (Å²) in [7, 11) is 0. The van der Waals surface area contributed by atoms with Crippen LogP contribution in [-0.4, -0.2) is 31.2 Å². The van der Waals surface area contributed by atoms with E-state index in [9.17, 15) is 4.79 Å². The molecule has 0 radical (unpaired) electrons. The van der Waals surface area contributed by atoms with Gasteiger partial charge in [-0.2, -0.15) is 0 Å². The minimum absolute atomic E-state index is 0.0129. The first-order valence-electron chi connectivity index (χ1n) is 9.29. The standard InChI is InChI=1S/C21H19N5O3/c1-2-12-26-19(23-24-25-26)14-28-21(27)17-11-7-6-10-16(17)20-22-13-18(29-20)15-8-4-3-5-9-15/h3-11,13H,2,12,14H2,1H3. The summed E-state index contributed by atoms with van der Waals surface area (Å²) in [4.78, 5) is 17.1. The quantitative estimate of drug-likeness (QED) is 0.444. The van der Waals surface area contributed by atoms with Gasteiger partial charge >= 0.3 is 5.97 Å². The molecule has 29 heavy (non-hydrogen) atoms. The van der Waals surface area contributed by atoms with Crippen molar-refractivity contribution in [2.75, 3.05) is 0 Å². The Hall–Kier alpha value is -3.81. The summed E-state index contributed by atoms with van der Waals surface area (Å²) in [5, 5.41) is 11.4. The third-order valence-corrected chi connectivity index (χ3v) is 4.32. The van der Waals surface area contributed by atoms with Gasteiger partial charge in [0.15, 0.2) is 18.2 Å². The van der Waals surface area contributed by atoms with Crippen LogP contribution in [-0.2, 0) is 17.9 Å². The first kappa shape index (κ1) is 18.5. The fourth-order valence-corrected chi connectivity index (χ4v) is 2.90. The normalized spacial score (nSPS) is 10.8. The highest BCUT2D eigenvalue weighted by molar-refractivity contribution is 5.96. The highest BCUT2D eigenvalue weighted by Crippen LogP contribution is 2.28. The smallest absolute Gasteiger partial charge is 0.339 e. The number of nitrogens with zero attached hydrogens (tertiary/aromatic N) is 5. The Morgan fingerprint density at radius 3 is 2.72 bits per heavy atom. The molecule has 146 valence electrons. The molecule has 8 nitrogen and oxygen atoms in total. The Kier molecular flexibility index (Phi) is 5.42. The maximum Gasteiger partial charge on any atom is 0.339 e. The number of carbonyl (C=O) groups is 1. The van der Waals surface area contributed by atoms with Crippen LogP contribution in [0.1, 0.15) is 29.5 Å². The Morgan fingerprint density at radius 1 is 1.10 bits per heavy atom. The molecule has 0 aliphatic rings. The zero-order chi connectivity index (χ0) is 20.1. The number of hydrogen-bond donors (Lipinski definition) is 0. The third kappa shape index (κ3) is 4.06. The van der Waals surface area contributed by atoms with Gasteiger partial charge in [0.2, 0.25) is 5.89 Å². The van der Waals surface area contributed by atoms with Crippen LogP contribution >= 0.6 is 0 Å². The molecule has 0 N–H and O–H groups in total. The number of esters is 1. The molecule has 0 aliphatic carbocycles. The van der Waals surface area contributed by atoms with Gasteiger partial charge in [0.1, 0.15) is 0 Å². The number of aromatic nitrogens is 5. The highest BCUT2D eigenvalue weighted by Gasteiger charge is 2.19. The van der Waals surface area contributed by atoms with Gasteiger partial charge in [0.05, 0.1) is 17.3 Å². The van der Waals surface area contributed by atoms with Crippen molar-refractivity contribution < 1.29 is 13.9 Å². The van der Waals surface area contributed by atoms with E-state index < -0.39 is 5.97 Å². The summed E-state index contributed by atoms with van der Waals surface area (Å²) < 4.78 is 13.0. The van der Waals surface area contributed by atoms with Gasteiger partial charge in [0, 0.05) is 12.1 Å². The molecule has 0 spiro atoms. The molecule has 0 saturated heterocycles. The number of tetrazole rings is 1. The lowest BCUT2D eigenvalue weighted by atomic mass is 10.1. The maximum atomic E-state index is 12.7. The van der Waals surface area contributed by atoms with E-state index in [0.29, 0.717) is 35.1 Å². The van der Waals surface area contributed by atoms with E-state index in [-0.39, 0.29) is 6.61 Å². The van der Waals surface area contributed by atoms with Crippen LogP contribution in [0.4, 0.5) is 0 Å². The summed E-state index contributed by atoms with van der Waals surface area (Å²) >= 11 is 0. The van der Waals surface area contributed by atoms with Gasteiger partial charge in [0.25, 0.3) is 0 Å². The maximum absolute atomic E-state index is 12.7. The van der Waals surface area contributed by atoms with Crippen molar-refractivity contribution in [2.24, 2.45) is 0 Å². The summed E-state index contributed by atoms with van der Waals surface area (Å²) in [6.07, 6.45) is 2.52. The van der Waals surface area contributed by atoms with Gasteiger partial charge in [-0.05, 0) is 29.0 Å². The predicted molar refractivity (Wildman–Crippen MR) is 105 cm³/mol. The number of oxazole rings is 1. The molecule has 2 heterocycles. The van der Waals surface area contributed by atoms with Crippen molar-refractivity contribution >= 4 is 5.97 Å². The van der Waals surface area contributed by atoms with Crippen molar-refractivity contribution in [1.29, 1.82) is 0 Å². The Balaban J connectivity index is 1.55. The van der Waals surface area contributed by atoms with Crippen LogP contribution in [0.15, 0.2) is 65.2 Å². The molecule has 2 aromatic heterocycles. The second kappa shape index (κ2) is 8.47. The van der Waals surface area contributed by atoms with Crippen LogP contribution in [0, 0.1) is 0 Å². The van der Waals surface area contributed by atoms with E-state index in [1.165, 1.54) is 0 Å². The average Bonchev–Trinajstić information content (AvgIpc) is 3.43. The average molecular weight is 389 g/mol. The van der Waals surface area contributed by atoms with E-state index in [1.54, 1.807) is 29.1 Å². The minimum atomic E-state index is -0.494. The van der Waals surface area contributed by atoms with Gasteiger partial charge in [-0.25, -0.2) is 14.5 Å². The van der Waals surface area contributed by atoms with Crippen LogP contribution < -0.4 is 0 Å². The summed E-state index contributed by atoms with van der Waals surface area (Å²) in [5.41, 5.74) is 1.84. The van der Waals surface area contributed by atoms with Gasteiger partial charge < -0.3 is 9.15 Å². The number of benzene rings is 2. The number of carbonyl (C=O) groups excluding carboxylic acids is 1. The van der Waals surface area contributed by atoms with E-state index in [1.807, 2.05) is 43.3 Å². The number of rotatable bonds is 7. The zero-order valence-electron chi connectivity index (χ0n) is 15.9. The fraction of sp³-hybridized carbons (Fsp3) is 0.190. The lowest BCUT2D eigenvalue weighted by Gasteiger charge is -2.08. The van der Waals surface area contributed by atoms with E-state index in [0.717, 1.165) is 12.0 Å². The monoisotopic (exact) mass is 389 g/mol.